The van der Waals surface area contributed by atoms with E-state index in [2.05, 4.69) is 39.4 Å². The molecule has 2 aliphatic heterocycles. The summed E-state index contributed by atoms with van der Waals surface area (Å²) in [5.74, 6) is 0.514. The molecule has 1 N–H and O–H groups in total. The summed E-state index contributed by atoms with van der Waals surface area (Å²) in [7, 11) is 0. The Morgan fingerprint density at radius 3 is 2.52 bits per heavy atom. The summed E-state index contributed by atoms with van der Waals surface area (Å²) < 4.78 is 5.44. The molecule has 2 aromatic rings. The van der Waals surface area contributed by atoms with E-state index in [4.69, 9.17) is 4.74 Å². The molecule has 2 heterocycles. The number of rotatable bonds is 5. The monoisotopic (exact) mass is 365 g/mol. The number of nitrogens with zero attached hydrogens (tertiary/aromatic N) is 2. The van der Waals surface area contributed by atoms with Crippen molar-refractivity contribution in [2.24, 2.45) is 5.92 Å². The maximum absolute atomic E-state index is 12.8. The molecule has 0 aromatic heterocycles. The highest BCUT2D eigenvalue weighted by Gasteiger charge is 2.24. The predicted octanol–water partition coefficient (Wildman–Crippen LogP) is 2.78. The highest BCUT2D eigenvalue weighted by atomic mass is 16.5. The van der Waals surface area contributed by atoms with E-state index in [1.165, 1.54) is 5.69 Å². The van der Waals surface area contributed by atoms with Gasteiger partial charge in [0, 0.05) is 44.1 Å². The van der Waals surface area contributed by atoms with E-state index in [9.17, 15) is 4.79 Å². The summed E-state index contributed by atoms with van der Waals surface area (Å²) >= 11 is 0. The third-order valence-electron chi connectivity index (χ3n) is 5.46. The van der Waals surface area contributed by atoms with Gasteiger partial charge in [0.25, 0.3) is 5.91 Å². The lowest BCUT2D eigenvalue weighted by molar-refractivity contribution is 0.0947. The second-order valence-corrected chi connectivity index (χ2v) is 7.26. The average Bonchev–Trinajstić information content (AvgIpc) is 3.22. The first-order valence-electron chi connectivity index (χ1n) is 9.81. The molecular weight excluding hydrogens is 338 g/mol. The van der Waals surface area contributed by atoms with Crippen LogP contribution in [0, 0.1) is 5.92 Å². The van der Waals surface area contributed by atoms with E-state index in [-0.39, 0.29) is 5.91 Å². The molecule has 5 heteroatoms. The summed E-state index contributed by atoms with van der Waals surface area (Å²) in [5, 5.41) is 3.17. The molecule has 0 saturated carbocycles. The van der Waals surface area contributed by atoms with Crippen LogP contribution in [0.4, 0.5) is 11.4 Å². The number of hydrogen-bond donors (Lipinski definition) is 1. The number of ether oxygens (including phenoxy) is 1. The molecule has 142 valence electrons. The van der Waals surface area contributed by atoms with Gasteiger partial charge >= 0.3 is 0 Å². The highest BCUT2D eigenvalue weighted by molar-refractivity contribution is 5.99. The molecule has 5 nitrogen and oxygen atoms in total. The molecule has 27 heavy (non-hydrogen) atoms. The fourth-order valence-corrected chi connectivity index (χ4v) is 3.95. The van der Waals surface area contributed by atoms with Crippen molar-refractivity contribution in [1.29, 1.82) is 0 Å². The van der Waals surface area contributed by atoms with E-state index < -0.39 is 0 Å². The van der Waals surface area contributed by atoms with E-state index in [0.717, 1.165) is 50.4 Å². The zero-order valence-corrected chi connectivity index (χ0v) is 15.6. The van der Waals surface area contributed by atoms with Crippen molar-refractivity contribution in [1.82, 2.24) is 5.32 Å². The van der Waals surface area contributed by atoms with Crippen molar-refractivity contribution in [3.8, 4) is 0 Å². The topological polar surface area (TPSA) is 44.8 Å². The molecule has 0 radical (unpaired) electrons. The van der Waals surface area contributed by atoms with Crippen LogP contribution in [0.5, 0.6) is 0 Å². The first-order valence-corrected chi connectivity index (χ1v) is 9.81. The summed E-state index contributed by atoms with van der Waals surface area (Å²) in [6.45, 7) is 5.86. The molecule has 2 aliphatic rings. The molecule has 0 aliphatic carbocycles. The summed E-state index contributed by atoms with van der Waals surface area (Å²) in [5.41, 5.74) is 3.04. The van der Waals surface area contributed by atoms with Crippen LogP contribution in [0.15, 0.2) is 54.6 Å². The second kappa shape index (κ2) is 8.44. The zero-order valence-electron chi connectivity index (χ0n) is 15.6. The predicted molar refractivity (Wildman–Crippen MR) is 109 cm³/mol. The van der Waals surface area contributed by atoms with Gasteiger partial charge in [-0.15, -0.1) is 0 Å². The SMILES string of the molecule is O=C(NC[C@H]1CCN(c2ccccc2)C1)c1ccccc1N1CCOCC1. The van der Waals surface area contributed by atoms with Crippen molar-refractivity contribution >= 4 is 17.3 Å². The van der Waals surface area contributed by atoms with E-state index in [1.807, 2.05) is 30.3 Å². The highest BCUT2D eigenvalue weighted by Crippen LogP contribution is 2.24. The third kappa shape index (κ3) is 4.25. The fourth-order valence-electron chi connectivity index (χ4n) is 3.95. The fraction of sp³-hybridized carbons (Fsp3) is 0.409. The van der Waals surface area contributed by atoms with Crippen molar-refractivity contribution in [3.63, 3.8) is 0 Å². The van der Waals surface area contributed by atoms with Gasteiger partial charge in [-0.05, 0) is 36.6 Å². The van der Waals surface area contributed by atoms with Crippen LogP contribution < -0.4 is 15.1 Å². The van der Waals surface area contributed by atoms with Gasteiger partial charge in [0.2, 0.25) is 0 Å². The normalized spacial score (nSPS) is 19.9. The lowest BCUT2D eigenvalue weighted by Crippen LogP contribution is -2.38. The molecule has 4 rings (SSSR count). The number of para-hydroxylation sites is 2. The Bertz CT molecular complexity index is 759. The van der Waals surface area contributed by atoms with Crippen molar-refractivity contribution in [3.05, 3.63) is 60.2 Å². The lowest BCUT2D eigenvalue weighted by atomic mass is 10.1. The van der Waals surface area contributed by atoms with Gasteiger partial charge in [-0.2, -0.15) is 0 Å². The number of carbonyl (C=O) groups is 1. The first-order chi connectivity index (χ1) is 13.3. The first kappa shape index (κ1) is 17.9. The number of morpholine rings is 1. The van der Waals surface area contributed by atoms with Crippen LogP contribution in [0.1, 0.15) is 16.8 Å². The summed E-state index contributed by atoms with van der Waals surface area (Å²) in [6, 6.07) is 18.4. The van der Waals surface area contributed by atoms with Crippen molar-refractivity contribution in [2.45, 2.75) is 6.42 Å². The molecule has 2 aromatic carbocycles. The largest absolute Gasteiger partial charge is 0.378 e. The molecular formula is C22H27N3O2. The van der Waals surface area contributed by atoms with Gasteiger partial charge < -0.3 is 19.9 Å². The van der Waals surface area contributed by atoms with Crippen LogP contribution in [0.3, 0.4) is 0 Å². The van der Waals surface area contributed by atoms with Gasteiger partial charge in [-0.1, -0.05) is 30.3 Å². The van der Waals surface area contributed by atoms with Gasteiger partial charge in [0.15, 0.2) is 0 Å². The Hall–Kier alpha value is -2.53. The Balaban J connectivity index is 1.35. The Morgan fingerprint density at radius 1 is 0.963 bits per heavy atom. The molecule has 0 bridgehead atoms. The van der Waals surface area contributed by atoms with E-state index >= 15 is 0 Å². The van der Waals surface area contributed by atoms with Crippen molar-refractivity contribution in [2.75, 3.05) is 55.7 Å². The third-order valence-corrected chi connectivity index (χ3v) is 5.46. The smallest absolute Gasteiger partial charge is 0.253 e. The molecule has 0 unspecified atom stereocenters. The maximum Gasteiger partial charge on any atom is 0.253 e. The molecule has 1 atom stereocenters. The Labute approximate surface area is 160 Å². The zero-order chi connectivity index (χ0) is 18.5. The lowest BCUT2D eigenvalue weighted by Gasteiger charge is -2.30. The number of benzene rings is 2. The van der Waals surface area contributed by atoms with Gasteiger partial charge in [-0.25, -0.2) is 0 Å². The van der Waals surface area contributed by atoms with E-state index in [1.54, 1.807) is 0 Å². The number of anilines is 2. The molecule has 1 amide bonds. The Kier molecular flexibility index (Phi) is 5.58. The quantitative estimate of drug-likeness (QED) is 0.885. The number of hydrogen-bond acceptors (Lipinski definition) is 4. The van der Waals surface area contributed by atoms with Crippen LogP contribution in [-0.4, -0.2) is 51.8 Å². The molecule has 2 fully saturated rings. The standard InChI is InChI=1S/C22H27N3O2/c26-22(20-8-4-5-9-21(20)24-12-14-27-15-13-24)23-16-18-10-11-25(17-18)19-6-2-1-3-7-19/h1-9,18H,10-17H2,(H,23,26)/t18-/m1/s1. The Morgan fingerprint density at radius 2 is 1.70 bits per heavy atom. The van der Waals surface area contributed by atoms with Crippen LogP contribution in [0.2, 0.25) is 0 Å². The van der Waals surface area contributed by atoms with E-state index in [0.29, 0.717) is 19.1 Å². The van der Waals surface area contributed by atoms with Crippen LogP contribution in [-0.2, 0) is 4.74 Å². The number of amides is 1. The minimum atomic E-state index is 0.0234. The van der Waals surface area contributed by atoms with Crippen molar-refractivity contribution < 1.29 is 9.53 Å². The summed E-state index contributed by atoms with van der Waals surface area (Å²) in [4.78, 5) is 17.5. The van der Waals surface area contributed by atoms with Crippen LogP contribution in [0.25, 0.3) is 0 Å². The average molecular weight is 365 g/mol. The number of carbonyl (C=O) groups excluding carboxylic acids is 1. The molecule has 2 saturated heterocycles. The summed E-state index contributed by atoms with van der Waals surface area (Å²) in [6.07, 6.45) is 1.11. The minimum absolute atomic E-state index is 0.0234. The minimum Gasteiger partial charge on any atom is -0.378 e. The van der Waals surface area contributed by atoms with Gasteiger partial charge in [0.05, 0.1) is 18.8 Å². The van der Waals surface area contributed by atoms with Gasteiger partial charge in [-0.3, -0.25) is 4.79 Å². The molecule has 0 spiro atoms. The van der Waals surface area contributed by atoms with Gasteiger partial charge in [0.1, 0.15) is 0 Å². The number of nitrogens with one attached hydrogen (secondary N) is 1. The second-order valence-electron chi connectivity index (χ2n) is 7.26. The van der Waals surface area contributed by atoms with Crippen LogP contribution >= 0.6 is 0 Å². The maximum atomic E-state index is 12.8.